The number of rotatable bonds is 8. The number of aromatic nitrogens is 2. The second-order valence-corrected chi connectivity index (χ2v) is 6.51. The van der Waals surface area contributed by atoms with Crippen LogP contribution in [0.4, 0.5) is 27.4 Å². The van der Waals surface area contributed by atoms with Crippen LogP contribution in [0.1, 0.15) is 25.2 Å². The van der Waals surface area contributed by atoms with Gasteiger partial charge in [0.05, 0.1) is 0 Å². The van der Waals surface area contributed by atoms with Gasteiger partial charge in [0, 0.05) is 37.1 Å². The number of halogens is 1. The molecule has 0 aliphatic carbocycles. The minimum atomic E-state index is -0.236. The molecule has 0 unspecified atom stereocenters. The minimum Gasteiger partial charge on any atom is -0.372 e. The fraction of sp³-hybridized carbons (Fsp3) is 0.273. The van der Waals surface area contributed by atoms with E-state index in [1.165, 1.54) is 17.8 Å². The molecule has 0 saturated carbocycles. The molecule has 0 radical (unpaired) electrons. The van der Waals surface area contributed by atoms with E-state index in [0.717, 1.165) is 36.0 Å². The van der Waals surface area contributed by atoms with Gasteiger partial charge in [-0.3, -0.25) is 0 Å². The molecule has 1 heterocycles. The Bertz CT molecular complexity index is 890. The van der Waals surface area contributed by atoms with Gasteiger partial charge in [0.1, 0.15) is 23.3 Å². The predicted octanol–water partition coefficient (Wildman–Crippen LogP) is 5.13. The van der Waals surface area contributed by atoms with Gasteiger partial charge in [-0.2, -0.15) is 0 Å². The average molecular weight is 379 g/mol. The van der Waals surface area contributed by atoms with E-state index in [-0.39, 0.29) is 5.82 Å². The van der Waals surface area contributed by atoms with E-state index in [0.29, 0.717) is 12.4 Å². The molecule has 0 bridgehead atoms. The molecular formula is C22H26FN5. The Hall–Kier alpha value is -3.15. The first-order chi connectivity index (χ1) is 13.6. The van der Waals surface area contributed by atoms with Crippen LogP contribution in [0, 0.1) is 12.7 Å². The van der Waals surface area contributed by atoms with Crippen LogP contribution in [-0.2, 0) is 6.54 Å². The molecule has 0 aliphatic heterocycles. The van der Waals surface area contributed by atoms with E-state index in [9.17, 15) is 4.39 Å². The van der Waals surface area contributed by atoms with Crippen molar-refractivity contribution in [1.82, 2.24) is 9.97 Å². The van der Waals surface area contributed by atoms with Gasteiger partial charge >= 0.3 is 0 Å². The molecule has 2 aromatic carbocycles. The molecule has 3 rings (SSSR count). The van der Waals surface area contributed by atoms with Gasteiger partial charge in [-0.25, -0.2) is 14.4 Å². The molecule has 3 aromatic rings. The standard InChI is InChI=1S/C22H26FN5/c1-4-28(5-2)20-12-10-19(11-13-20)27-22-14-21(25-16(3)26-22)24-15-17-6-8-18(23)9-7-17/h6-14H,4-5,15H2,1-3H3,(H2,24,25,26,27). The number of anilines is 4. The molecule has 5 nitrogen and oxygen atoms in total. The summed E-state index contributed by atoms with van der Waals surface area (Å²) < 4.78 is 13.0. The van der Waals surface area contributed by atoms with E-state index in [1.807, 2.05) is 13.0 Å². The van der Waals surface area contributed by atoms with Crippen molar-refractivity contribution in [2.75, 3.05) is 28.6 Å². The number of aryl methyl sites for hydroxylation is 1. The van der Waals surface area contributed by atoms with Crippen LogP contribution in [0.15, 0.2) is 54.6 Å². The fourth-order valence-electron chi connectivity index (χ4n) is 3.01. The second kappa shape index (κ2) is 9.17. The van der Waals surface area contributed by atoms with Crippen LogP contribution in [-0.4, -0.2) is 23.1 Å². The lowest BCUT2D eigenvalue weighted by atomic mass is 10.2. The lowest BCUT2D eigenvalue weighted by Crippen LogP contribution is -2.21. The maximum Gasteiger partial charge on any atom is 0.136 e. The van der Waals surface area contributed by atoms with Crippen molar-refractivity contribution in [2.24, 2.45) is 0 Å². The highest BCUT2D eigenvalue weighted by molar-refractivity contribution is 5.62. The van der Waals surface area contributed by atoms with Crippen LogP contribution in [0.25, 0.3) is 0 Å². The molecule has 146 valence electrons. The molecule has 0 atom stereocenters. The van der Waals surface area contributed by atoms with Crippen molar-refractivity contribution in [3.8, 4) is 0 Å². The van der Waals surface area contributed by atoms with Crippen molar-refractivity contribution in [2.45, 2.75) is 27.3 Å². The van der Waals surface area contributed by atoms with Crippen LogP contribution in [0.5, 0.6) is 0 Å². The van der Waals surface area contributed by atoms with Crippen molar-refractivity contribution >= 4 is 23.0 Å². The first-order valence-electron chi connectivity index (χ1n) is 9.53. The number of hydrogen-bond donors (Lipinski definition) is 2. The Balaban J connectivity index is 1.68. The van der Waals surface area contributed by atoms with E-state index in [2.05, 4.69) is 63.6 Å². The average Bonchev–Trinajstić information content (AvgIpc) is 2.69. The molecule has 0 saturated heterocycles. The van der Waals surface area contributed by atoms with E-state index >= 15 is 0 Å². The third-order valence-corrected chi connectivity index (χ3v) is 4.49. The van der Waals surface area contributed by atoms with Gasteiger partial charge in [0.25, 0.3) is 0 Å². The van der Waals surface area contributed by atoms with Crippen LogP contribution < -0.4 is 15.5 Å². The Morgan fingerprint density at radius 3 is 2.18 bits per heavy atom. The Morgan fingerprint density at radius 1 is 0.893 bits per heavy atom. The van der Waals surface area contributed by atoms with E-state index in [1.54, 1.807) is 12.1 Å². The van der Waals surface area contributed by atoms with E-state index in [4.69, 9.17) is 0 Å². The van der Waals surface area contributed by atoms with Crippen LogP contribution in [0.2, 0.25) is 0 Å². The van der Waals surface area contributed by atoms with Gasteiger partial charge in [0.2, 0.25) is 0 Å². The molecular weight excluding hydrogens is 353 g/mol. The fourth-order valence-corrected chi connectivity index (χ4v) is 3.01. The predicted molar refractivity (Wildman–Crippen MR) is 114 cm³/mol. The smallest absolute Gasteiger partial charge is 0.136 e. The van der Waals surface area contributed by atoms with Crippen LogP contribution >= 0.6 is 0 Å². The first-order valence-corrected chi connectivity index (χ1v) is 9.53. The summed E-state index contributed by atoms with van der Waals surface area (Å²) in [6.07, 6.45) is 0. The van der Waals surface area contributed by atoms with Crippen molar-refractivity contribution in [3.05, 3.63) is 71.8 Å². The monoisotopic (exact) mass is 379 g/mol. The Labute approximate surface area is 165 Å². The van der Waals surface area contributed by atoms with Gasteiger partial charge in [-0.1, -0.05) is 12.1 Å². The molecule has 2 N–H and O–H groups in total. The normalized spacial score (nSPS) is 10.6. The molecule has 6 heteroatoms. The third kappa shape index (κ3) is 5.19. The summed E-state index contributed by atoms with van der Waals surface area (Å²) in [5, 5.41) is 6.60. The highest BCUT2D eigenvalue weighted by atomic mass is 19.1. The molecule has 0 aliphatic rings. The van der Waals surface area contributed by atoms with E-state index < -0.39 is 0 Å². The number of hydrogen-bond acceptors (Lipinski definition) is 5. The van der Waals surface area contributed by atoms with Crippen molar-refractivity contribution < 1.29 is 4.39 Å². The maximum atomic E-state index is 13.0. The lowest BCUT2D eigenvalue weighted by Gasteiger charge is -2.21. The maximum absolute atomic E-state index is 13.0. The largest absolute Gasteiger partial charge is 0.372 e. The second-order valence-electron chi connectivity index (χ2n) is 6.51. The lowest BCUT2D eigenvalue weighted by molar-refractivity contribution is 0.627. The summed E-state index contributed by atoms with van der Waals surface area (Å²) in [5.41, 5.74) is 3.16. The Morgan fingerprint density at radius 2 is 1.54 bits per heavy atom. The van der Waals surface area contributed by atoms with Crippen LogP contribution in [0.3, 0.4) is 0 Å². The summed E-state index contributed by atoms with van der Waals surface area (Å²) in [6.45, 7) is 8.70. The zero-order valence-corrected chi connectivity index (χ0v) is 16.5. The number of nitrogens with zero attached hydrogens (tertiary/aromatic N) is 3. The minimum absolute atomic E-state index is 0.236. The number of nitrogens with one attached hydrogen (secondary N) is 2. The molecule has 28 heavy (non-hydrogen) atoms. The van der Waals surface area contributed by atoms with Crippen molar-refractivity contribution in [3.63, 3.8) is 0 Å². The summed E-state index contributed by atoms with van der Waals surface area (Å²) in [4.78, 5) is 11.2. The van der Waals surface area contributed by atoms with Gasteiger partial charge in [0.15, 0.2) is 0 Å². The third-order valence-electron chi connectivity index (χ3n) is 4.49. The molecule has 0 spiro atoms. The summed E-state index contributed by atoms with van der Waals surface area (Å²) >= 11 is 0. The van der Waals surface area contributed by atoms with Gasteiger partial charge in [-0.05, 0) is 62.7 Å². The zero-order valence-electron chi connectivity index (χ0n) is 16.5. The highest BCUT2D eigenvalue weighted by Gasteiger charge is 2.05. The summed E-state index contributed by atoms with van der Waals surface area (Å²) in [7, 11) is 0. The first kappa shape index (κ1) is 19.6. The topological polar surface area (TPSA) is 53.1 Å². The quantitative estimate of drug-likeness (QED) is 0.568. The molecule has 0 amide bonds. The number of benzene rings is 2. The molecule has 1 aromatic heterocycles. The van der Waals surface area contributed by atoms with Gasteiger partial charge in [-0.15, -0.1) is 0 Å². The van der Waals surface area contributed by atoms with Crippen molar-refractivity contribution in [1.29, 1.82) is 0 Å². The zero-order chi connectivity index (χ0) is 19.9. The summed E-state index contributed by atoms with van der Waals surface area (Å²) in [5.74, 6) is 1.88. The SMILES string of the molecule is CCN(CC)c1ccc(Nc2cc(NCc3ccc(F)cc3)nc(C)n2)cc1. The van der Waals surface area contributed by atoms with Gasteiger partial charge < -0.3 is 15.5 Å². The summed E-state index contributed by atoms with van der Waals surface area (Å²) in [6, 6.07) is 16.6. The Kier molecular flexibility index (Phi) is 6.42. The highest BCUT2D eigenvalue weighted by Crippen LogP contribution is 2.21. The molecule has 0 fully saturated rings.